The van der Waals surface area contributed by atoms with Crippen LogP contribution < -0.4 is 0 Å². The van der Waals surface area contributed by atoms with Crippen molar-refractivity contribution in [1.29, 1.82) is 5.26 Å². The predicted molar refractivity (Wildman–Crippen MR) is 52.0 cm³/mol. The van der Waals surface area contributed by atoms with E-state index in [9.17, 15) is 52.7 Å². The second kappa shape index (κ2) is 6.65. The Morgan fingerprint density at radius 1 is 0.880 bits per heavy atom. The van der Waals surface area contributed by atoms with E-state index in [2.05, 4.69) is 16.1 Å². The summed E-state index contributed by atoms with van der Waals surface area (Å²) in [4.78, 5) is 0. The largest absolute Gasteiger partial charge is 0.465 e. The Morgan fingerprint density at radius 3 is 1.64 bits per heavy atom. The van der Waals surface area contributed by atoms with Crippen LogP contribution in [0, 0.1) is 11.3 Å². The molecular weight excluding hydrogens is 394 g/mol. The molecule has 0 aliphatic heterocycles. The van der Waals surface area contributed by atoms with E-state index < -0.39 is 54.2 Å². The van der Waals surface area contributed by atoms with Gasteiger partial charge in [0.1, 0.15) is 6.07 Å². The van der Waals surface area contributed by atoms with E-state index in [0.29, 0.717) is 0 Å². The SMILES string of the molecule is C=CC(F)(OC(F)(F)C(F)(F)C(F)(F)C#N)C(F)(F)OC(F)=C(F)F. The zero-order chi connectivity index (χ0) is 20.5. The molecule has 0 aliphatic carbocycles. The lowest BCUT2D eigenvalue weighted by Crippen LogP contribution is -2.60. The van der Waals surface area contributed by atoms with Gasteiger partial charge in [-0.1, -0.05) is 6.58 Å². The molecule has 0 fully saturated rings. The maximum Gasteiger partial charge on any atom is 0.465 e. The molecule has 0 aliphatic rings. The van der Waals surface area contributed by atoms with Crippen LogP contribution in [0.2, 0.25) is 0 Å². The number of rotatable bonds is 8. The van der Waals surface area contributed by atoms with Crippen molar-refractivity contribution in [2.45, 2.75) is 29.9 Å². The van der Waals surface area contributed by atoms with Crippen molar-refractivity contribution in [3.8, 4) is 6.07 Å². The van der Waals surface area contributed by atoms with E-state index >= 15 is 0 Å². The first-order valence-corrected chi connectivity index (χ1v) is 5.25. The fourth-order valence-corrected chi connectivity index (χ4v) is 0.944. The second-order valence-corrected chi connectivity index (χ2v) is 3.88. The fourth-order valence-electron chi connectivity index (χ4n) is 0.944. The first kappa shape index (κ1) is 22.9. The highest BCUT2D eigenvalue weighted by atomic mass is 19.4. The minimum absolute atomic E-state index is 0.600. The average molecular weight is 397 g/mol. The van der Waals surface area contributed by atoms with Crippen molar-refractivity contribution in [3.63, 3.8) is 0 Å². The zero-order valence-corrected chi connectivity index (χ0v) is 11.1. The molecule has 3 nitrogen and oxygen atoms in total. The molecule has 0 bridgehead atoms. The van der Waals surface area contributed by atoms with Gasteiger partial charge in [-0.05, 0) is 6.08 Å². The number of hydrogen-bond acceptors (Lipinski definition) is 3. The van der Waals surface area contributed by atoms with E-state index in [1.165, 1.54) is 0 Å². The Balaban J connectivity index is 5.96. The Morgan fingerprint density at radius 2 is 1.32 bits per heavy atom. The lowest BCUT2D eigenvalue weighted by Gasteiger charge is -2.35. The number of alkyl halides is 9. The van der Waals surface area contributed by atoms with Gasteiger partial charge in [0.05, 0.1) is 0 Å². The first-order chi connectivity index (χ1) is 10.9. The molecule has 0 saturated heterocycles. The normalized spacial score (nSPS) is 15.8. The second-order valence-electron chi connectivity index (χ2n) is 3.88. The third-order valence-corrected chi connectivity index (χ3v) is 2.20. The van der Waals surface area contributed by atoms with E-state index in [4.69, 9.17) is 5.26 Å². The maximum absolute atomic E-state index is 13.7. The van der Waals surface area contributed by atoms with Gasteiger partial charge in [0.25, 0.3) is 0 Å². The van der Waals surface area contributed by atoms with E-state index in [-0.39, 0.29) is 0 Å². The number of hydrogen-bond donors (Lipinski definition) is 0. The molecule has 0 aromatic rings. The summed E-state index contributed by atoms with van der Waals surface area (Å²) in [6.45, 7) is 2.08. The lowest BCUT2D eigenvalue weighted by molar-refractivity contribution is -0.467. The topological polar surface area (TPSA) is 42.2 Å². The Kier molecular flexibility index (Phi) is 6.09. The van der Waals surface area contributed by atoms with Crippen molar-refractivity contribution >= 4 is 0 Å². The Labute approximate surface area is 129 Å². The summed E-state index contributed by atoms with van der Waals surface area (Å²) in [6.07, 6.45) is -17.8. The molecule has 15 heteroatoms. The highest BCUT2D eigenvalue weighted by molar-refractivity contribution is 5.08. The third-order valence-electron chi connectivity index (χ3n) is 2.20. The van der Waals surface area contributed by atoms with Gasteiger partial charge in [-0.25, -0.2) is 0 Å². The third kappa shape index (κ3) is 4.11. The van der Waals surface area contributed by atoms with Crippen molar-refractivity contribution in [2.24, 2.45) is 0 Å². The maximum atomic E-state index is 13.7. The van der Waals surface area contributed by atoms with Crippen LogP contribution in [0.4, 0.5) is 52.7 Å². The van der Waals surface area contributed by atoms with Gasteiger partial charge >= 0.3 is 42.0 Å². The molecule has 0 amide bonds. The van der Waals surface area contributed by atoms with Crippen LogP contribution in [0.3, 0.4) is 0 Å². The van der Waals surface area contributed by atoms with Gasteiger partial charge < -0.3 is 4.74 Å². The summed E-state index contributed by atoms with van der Waals surface area (Å²) in [7, 11) is 0. The van der Waals surface area contributed by atoms with Crippen LogP contribution in [0.25, 0.3) is 0 Å². The van der Waals surface area contributed by atoms with Gasteiger partial charge in [0, 0.05) is 0 Å². The van der Waals surface area contributed by atoms with Gasteiger partial charge in [0.2, 0.25) is 0 Å². The number of nitriles is 1. The monoisotopic (exact) mass is 397 g/mol. The predicted octanol–water partition coefficient (Wildman–Crippen LogP) is 4.89. The van der Waals surface area contributed by atoms with E-state index in [1.54, 1.807) is 0 Å². The average Bonchev–Trinajstić information content (AvgIpc) is 2.45. The molecule has 0 N–H and O–H groups in total. The minimum atomic E-state index is -6.88. The number of nitrogens with zero attached hydrogens (tertiary/aromatic N) is 1. The standard InChI is InChI=1S/C10H3F12NO2/c1-2-7(16,9(19,20)24-5(13)4(11)12)25-10(21,22)8(17,18)6(14,15)3-23/h2H,1H2. The minimum Gasteiger partial charge on any atom is -0.398 e. The molecule has 0 radical (unpaired) electrons. The molecule has 0 saturated carbocycles. The first-order valence-electron chi connectivity index (χ1n) is 5.25. The molecule has 1 unspecified atom stereocenters. The van der Waals surface area contributed by atoms with Crippen LogP contribution in [0.5, 0.6) is 0 Å². The summed E-state index contributed by atoms with van der Waals surface area (Å²) in [5.41, 5.74) is 0. The van der Waals surface area contributed by atoms with Crippen LogP contribution >= 0.6 is 0 Å². The Bertz CT molecular complexity index is 591. The van der Waals surface area contributed by atoms with Crippen LogP contribution in [-0.2, 0) is 9.47 Å². The molecule has 25 heavy (non-hydrogen) atoms. The number of ether oxygens (including phenoxy) is 2. The lowest BCUT2D eigenvalue weighted by atomic mass is 10.1. The number of halogens is 12. The summed E-state index contributed by atoms with van der Waals surface area (Å²) >= 11 is 0. The van der Waals surface area contributed by atoms with Gasteiger partial charge in [-0.3, -0.25) is 4.74 Å². The fraction of sp³-hybridized carbons (Fsp3) is 0.500. The molecule has 1 atom stereocenters. The van der Waals surface area contributed by atoms with Crippen molar-refractivity contribution < 1.29 is 62.2 Å². The van der Waals surface area contributed by atoms with Crippen molar-refractivity contribution in [3.05, 3.63) is 24.7 Å². The molecule has 0 heterocycles. The van der Waals surface area contributed by atoms with Gasteiger partial charge in [-0.2, -0.15) is 57.9 Å². The Hall–Kier alpha value is -2.11. The van der Waals surface area contributed by atoms with Crippen LogP contribution in [-0.4, -0.2) is 29.9 Å². The van der Waals surface area contributed by atoms with Crippen LogP contribution in [0.1, 0.15) is 0 Å². The molecule has 144 valence electrons. The molecule has 0 aromatic heterocycles. The highest BCUT2D eigenvalue weighted by Crippen LogP contribution is 2.50. The molecule has 0 spiro atoms. The summed E-state index contributed by atoms with van der Waals surface area (Å²) in [5.74, 6) is -18.8. The van der Waals surface area contributed by atoms with Crippen molar-refractivity contribution in [2.75, 3.05) is 0 Å². The van der Waals surface area contributed by atoms with E-state index in [1.807, 2.05) is 0 Å². The summed E-state index contributed by atoms with van der Waals surface area (Å²) in [6, 6.07) is -4.12. The van der Waals surface area contributed by atoms with Crippen molar-refractivity contribution in [1.82, 2.24) is 0 Å². The highest BCUT2D eigenvalue weighted by Gasteiger charge is 2.77. The summed E-state index contributed by atoms with van der Waals surface area (Å²) < 4.78 is 157. The quantitative estimate of drug-likeness (QED) is 0.333. The van der Waals surface area contributed by atoms with Gasteiger partial charge in [-0.15, -0.1) is 0 Å². The van der Waals surface area contributed by atoms with E-state index in [0.717, 1.165) is 0 Å². The van der Waals surface area contributed by atoms with Gasteiger partial charge in [0.15, 0.2) is 0 Å². The zero-order valence-electron chi connectivity index (χ0n) is 11.1. The summed E-state index contributed by atoms with van der Waals surface area (Å²) in [5, 5.41) is 7.69. The molecule has 0 aromatic carbocycles. The smallest absolute Gasteiger partial charge is 0.398 e. The van der Waals surface area contributed by atoms with Crippen LogP contribution in [0.15, 0.2) is 24.7 Å². The molecule has 0 rings (SSSR count). The molecular formula is C10H3F12NO2.